The van der Waals surface area contributed by atoms with Gasteiger partial charge in [-0.05, 0) is 37.0 Å². The van der Waals surface area contributed by atoms with Crippen LogP contribution in [0.2, 0.25) is 0 Å². The van der Waals surface area contributed by atoms with Gasteiger partial charge in [0.25, 0.3) is 5.89 Å². The number of likely N-dealkylation sites (tertiary alicyclic amines) is 1. The summed E-state index contributed by atoms with van der Waals surface area (Å²) in [6.45, 7) is 3.22. The second-order valence-corrected chi connectivity index (χ2v) is 6.41. The second kappa shape index (κ2) is 5.98. The van der Waals surface area contributed by atoms with E-state index >= 15 is 0 Å². The van der Waals surface area contributed by atoms with Crippen molar-refractivity contribution in [1.82, 2.24) is 15.0 Å². The lowest BCUT2D eigenvalue weighted by Gasteiger charge is -2.38. The maximum atomic E-state index is 13.0. The third-order valence-electron chi connectivity index (χ3n) is 4.58. The van der Waals surface area contributed by atoms with Gasteiger partial charge >= 0.3 is 0 Å². The zero-order chi connectivity index (χ0) is 16.7. The number of amides is 1. The van der Waals surface area contributed by atoms with Crippen LogP contribution >= 0.6 is 0 Å². The molecule has 4 rings (SSSR count). The molecule has 1 saturated carbocycles. The lowest BCUT2D eigenvalue weighted by molar-refractivity contribution is -0.148. The summed E-state index contributed by atoms with van der Waals surface area (Å²) in [7, 11) is 0. The van der Waals surface area contributed by atoms with Gasteiger partial charge in [0.05, 0.1) is 6.10 Å². The minimum absolute atomic E-state index is 0.0178. The number of benzene rings is 1. The van der Waals surface area contributed by atoms with Crippen LogP contribution in [0.15, 0.2) is 28.8 Å². The number of aryl methyl sites for hydroxylation is 1. The number of ether oxygens (including phenoxy) is 1. The summed E-state index contributed by atoms with van der Waals surface area (Å²) in [6.07, 6.45) is 0.859. The van der Waals surface area contributed by atoms with Gasteiger partial charge in [-0.1, -0.05) is 17.3 Å². The van der Waals surface area contributed by atoms with E-state index in [4.69, 9.17) is 9.26 Å². The van der Waals surface area contributed by atoms with Crippen LogP contribution in [0.3, 0.4) is 0 Å². The summed E-state index contributed by atoms with van der Waals surface area (Å²) in [5.41, 5.74) is 1.04. The highest BCUT2D eigenvalue weighted by molar-refractivity contribution is 5.83. The van der Waals surface area contributed by atoms with Crippen LogP contribution in [0.5, 0.6) is 0 Å². The molecular formula is C17H18FN3O3. The Morgan fingerprint density at radius 1 is 1.38 bits per heavy atom. The Hall–Kier alpha value is -2.28. The quantitative estimate of drug-likeness (QED) is 0.839. The van der Waals surface area contributed by atoms with E-state index in [0.29, 0.717) is 24.8 Å². The van der Waals surface area contributed by atoms with E-state index in [1.807, 2.05) is 4.90 Å². The summed E-state index contributed by atoms with van der Waals surface area (Å²) in [4.78, 5) is 18.3. The van der Waals surface area contributed by atoms with Crippen molar-refractivity contribution in [3.63, 3.8) is 0 Å². The van der Waals surface area contributed by atoms with Crippen molar-refractivity contribution < 1.29 is 18.4 Å². The molecule has 2 heterocycles. The molecule has 0 N–H and O–H groups in total. The Morgan fingerprint density at radius 2 is 2.12 bits per heavy atom. The van der Waals surface area contributed by atoms with Crippen molar-refractivity contribution in [1.29, 1.82) is 0 Å². The van der Waals surface area contributed by atoms with Gasteiger partial charge in [-0.2, -0.15) is 4.98 Å². The van der Waals surface area contributed by atoms with Crippen LogP contribution in [0.4, 0.5) is 4.39 Å². The molecule has 0 bridgehead atoms. The molecule has 0 spiro atoms. The number of nitrogens with zero attached hydrogens (tertiary/aromatic N) is 3. The molecule has 1 amide bonds. The first kappa shape index (κ1) is 15.3. The summed E-state index contributed by atoms with van der Waals surface area (Å²) < 4.78 is 23.6. The van der Waals surface area contributed by atoms with Gasteiger partial charge in [0, 0.05) is 19.0 Å². The fourth-order valence-electron chi connectivity index (χ4n) is 3.09. The summed E-state index contributed by atoms with van der Waals surface area (Å²) in [5.74, 6) is 1.20. The Balaban J connectivity index is 1.23. The van der Waals surface area contributed by atoms with Crippen molar-refractivity contribution in [2.24, 2.45) is 5.92 Å². The van der Waals surface area contributed by atoms with Gasteiger partial charge in [-0.3, -0.25) is 4.79 Å². The van der Waals surface area contributed by atoms with E-state index < -0.39 is 0 Å². The third-order valence-corrected chi connectivity index (χ3v) is 4.58. The minimum atomic E-state index is -0.249. The Labute approximate surface area is 138 Å². The van der Waals surface area contributed by atoms with Gasteiger partial charge in [0.2, 0.25) is 5.91 Å². The average molecular weight is 331 g/mol. The topological polar surface area (TPSA) is 68.5 Å². The maximum absolute atomic E-state index is 13.0. The molecule has 1 aromatic heterocycles. The van der Waals surface area contributed by atoms with E-state index in [2.05, 4.69) is 10.1 Å². The number of halogens is 1. The van der Waals surface area contributed by atoms with Gasteiger partial charge in [0.15, 0.2) is 5.82 Å². The van der Waals surface area contributed by atoms with E-state index in [0.717, 1.165) is 12.0 Å². The molecule has 1 aliphatic carbocycles. The van der Waals surface area contributed by atoms with Crippen molar-refractivity contribution in [3.05, 3.63) is 47.4 Å². The standard InChI is InChI=1S/C17H18FN3O3/c1-10-19-16(24-20-10)9-23-13-7-21(8-13)17(22)15-6-14(15)11-2-4-12(18)5-3-11/h2-5,13-15H,6-9H2,1H3/t14-,15+/m0/s1. The molecule has 24 heavy (non-hydrogen) atoms. The molecule has 1 aliphatic heterocycles. The van der Waals surface area contributed by atoms with Gasteiger partial charge in [-0.15, -0.1) is 0 Å². The molecule has 2 atom stereocenters. The zero-order valence-corrected chi connectivity index (χ0v) is 13.3. The molecule has 6 nitrogen and oxygen atoms in total. The number of carbonyl (C=O) groups is 1. The summed E-state index contributed by atoms with van der Waals surface area (Å²) in [5, 5.41) is 3.70. The fraction of sp³-hybridized carbons (Fsp3) is 0.471. The zero-order valence-electron chi connectivity index (χ0n) is 13.3. The van der Waals surface area contributed by atoms with E-state index in [9.17, 15) is 9.18 Å². The first-order valence-electron chi connectivity index (χ1n) is 8.05. The van der Waals surface area contributed by atoms with Gasteiger partial charge < -0.3 is 14.2 Å². The lowest BCUT2D eigenvalue weighted by Crippen LogP contribution is -2.55. The smallest absolute Gasteiger partial charge is 0.252 e. The highest BCUT2D eigenvalue weighted by atomic mass is 19.1. The van der Waals surface area contributed by atoms with Crippen molar-refractivity contribution in [2.45, 2.75) is 32.0 Å². The van der Waals surface area contributed by atoms with E-state index in [1.165, 1.54) is 12.1 Å². The monoisotopic (exact) mass is 331 g/mol. The third kappa shape index (κ3) is 3.03. The summed E-state index contributed by atoms with van der Waals surface area (Å²) >= 11 is 0. The first-order chi connectivity index (χ1) is 11.6. The normalized spacial score (nSPS) is 23.2. The largest absolute Gasteiger partial charge is 0.365 e. The molecule has 2 fully saturated rings. The molecule has 7 heteroatoms. The van der Waals surface area contributed by atoms with Crippen molar-refractivity contribution in [3.8, 4) is 0 Å². The predicted molar refractivity (Wildman–Crippen MR) is 81.4 cm³/mol. The maximum Gasteiger partial charge on any atom is 0.252 e. The number of rotatable bonds is 5. The molecular weight excluding hydrogens is 313 g/mol. The van der Waals surface area contributed by atoms with Crippen molar-refractivity contribution in [2.75, 3.05) is 13.1 Å². The molecule has 2 aromatic rings. The Kier molecular flexibility index (Phi) is 3.80. The predicted octanol–water partition coefficient (Wildman–Crippen LogP) is 2.05. The molecule has 2 aliphatic rings. The number of hydrogen-bond donors (Lipinski definition) is 0. The van der Waals surface area contributed by atoms with Crippen LogP contribution in [-0.4, -0.2) is 40.1 Å². The number of carbonyl (C=O) groups excluding carboxylic acids is 1. The number of aromatic nitrogens is 2. The Bertz CT molecular complexity index is 740. The average Bonchev–Trinajstić information content (AvgIpc) is 3.22. The van der Waals surface area contributed by atoms with Crippen LogP contribution in [-0.2, 0) is 16.1 Å². The molecule has 126 valence electrons. The highest BCUT2D eigenvalue weighted by Crippen LogP contribution is 2.48. The van der Waals surface area contributed by atoms with Crippen LogP contribution in [0.1, 0.15) is 29.6 Å². The SMILES string of the molecule is Cc1noc(COC2CN(C(=O)[C@@H]3C[C@H]3c3ccc(F)cc3)C2)n1. The Morgan fingerprint density at radius 3 is 2.79 bits per heavy atom. The van der Waals surface area contributed by atoms with Crippen LogP contribution in [0, 0.1) is 18.7 Å². The first-order valence-corrected chi connectivity index (χ1v) is 8.05. The fourth-order valence-corrected chi connectivity index (χ4v) is 3.09. The lowest BCUT2D eigenvalue weighted by atomic mass is 10.1. The van der Waals surface area contributed by atoms with E-state index in [-0.39, 0.29) is 36.3 Å². The molecule has 1 saturated heterocycles. The van der Waals surface area contributed by atoms with E-state index in [1.54, 1.807) is 19.1 Å². The molecule has 0 radical (unpaired) electrons. The van der Waals surface area contributed by atoms with Gasteiger partial charge in [-0.25, -0.2) is 4.39 Å². The molecule has 0 unspecified atom stereocenters. The molecule has 1 aromatic carbocycles. The van der Waals surface area contributed by atoms with Crippen LogP contribution in [0.25, 0.3) is 0 Å². The van der Waals surface area contributed by atoms with Crippen LogP contribution < -0.4 is 0 Å². The van der Waals surface area contributed by atoms with Gasteiger partial charge in [0.1, 0.15) is 12.4 Å². The highest BCUT2D eigenvalue weighted by Gasteiger charge is 2.48. The summed E-state index contributed by atoms with van der Waals surface area (Å²) in [6, 6.07) is 6.42. The number of hydrogen-bond acceptors (Lipinski definition) is 5. The second-order valence-electron chi connectivity index (χ2n) is 6.41. The minimum Gasteiger partial charge on any atom is -0.365 e. The van der Waals surface area contributed by atoms with Crippen molar-refractivity contribution >= 4 is 5.91 Å².